The zero-order chi connectivity index (χ0) is 53.7. The van der Waals surface area contributed by atoms with Gasteiger partial charge in [-0.2, -0.15) is 4.58 Å². The Hall–Kier alpha value is -4.74. The number of methoxy groups -OCH3 is 2. The molecule has 25 heteroatoms. The summed E-state index contributed by atoms with van der Waals surface area (Å²) >= 11 is 0. The minimum Gasteiger partial charge on any atom is -0.744 e. The summed E-state index contributed by atoms with van der Waals surface area (Å²) in [4.78, 5) is 9.57. The number of anilines is 1. The molecule has 400 valence electrons. The number of carbonyl (C=O) groups is 1. The Balaban J connectivity index is 1.52. The highest BCUT2D eigenvalue weighted by molar-refractivity contribution is 7.87. The molecule has 2 heterocycles. The summed E-state index contributed by atoms with van der Waals surface area (Å²) in [5.74, 6) is -0.966. The average Bonchev–Trinajstić information content (AvgIpc) is 3.67. The van der Waals surface area contributed by atoms with Crippen molar-refractivity contribution in [1.82, 2.24) is 0 Å². The fraction of sp³-hybridized carbons (Fsp3) is 0.458. The van der Waals surface area contributed by atoms with Crippen LogP contribution in [0.5, 0.6) is 0 Å². The van der Waals surface area contributed by atoms with E-state index in [1.54, 1.807) is 51.3 Å². The van der Waals surface area contributed by atoms with Gasteiger partial charge in [-0.1, -0.05) is 12.1 Å². The van der Waals surface area contributed by atoms with Crippen molar-refractivity contribution in [3.63, 3.8) is 0 Å². The first-order valence-electron chi connectivity index (χ1n) is 23.0. The van der Waals surface area contributed by atoms with Crippen LogP contribution in [-0.2, 0) is 79.8 Å². The number of carboxylic acids is 1. The fourth-order valence-electron chi connectivity index (χ4n) is 9.67. The first-order chi connectivity index (χ1) is 34.2. The second-order valence-electron chi connectivity index (χ2n) is 18.1. The zero-order valence-electron chi connectivity index (χ0n) is 40.8. The molecule has 0 radical (unpaired) electrons. The lowest BCUT2D eigenvalue weighted by atomic mass is 9.76. The summed E-state index contributed by atoms with van der Waals surface area (Å²) in [6.45, 7) is 7.89. The van der Waals surface area contributed by atoms with Crippen LogP contribution < -0.4 is 4.90 Å². The molecule has 6 rings (SSSR count). The molecule has 2 aliphatic heterocycles. The minimum absolute atomic E-state index is 0.0135. The van der Waals surface area contributed by atoms with E-state index in [4.69, 9.17) is 23.7 Å². The van der Waals surface area contributed by atoms with E-state index >= 15 is 0 Å². The van der Waals surface area contributed by atoms with Gasteiger partial charge in [-0.05, 0) is 104 Å². The van der Waals surface area contributed by atoms with Crippen LogP contribution in [0.2, 0.25) is 0 Å². The standard InChI is InChI=1S/C48H60N2O19S4/c1-47(2)42(49(18-8-6-7-12-44(51)52)38-15-13-34-36(45(38)47)28-32(70(53,54)55)30-40(34)72(59,60)61)10-9-11-43-48(3,17-20-67-24-25-69-27-26-68-23-22-66-5)46-37-29-33(71(56,57)58)31-41(73(62,63)64)35(37)14-16-39(46)50(43)19-21-65-4/h9-11,13-16,28-31H,6-8,12,17-27H2,1-5H3,(H4-,51,52,53,54,55,56,57,58,59,60,61,62,63,64)/p-3. The van der Waals surface area contributed by atoms with E-state index < -0.39 is 76.9 Å². The number of allylic oxidation sites excluding steroid dienone is 4. The van der Waals surface area contributed by atoms with E-state index in [1.165, 1.54) is 19.2 Å². The number of carboxylic acid groups (broad SMARTS) is 1. The highest BCUT2D eigenvalue weighted by Crippen LogP contribution is 2.54. The van der Waals surface area contributed by atoms with Crippen molar-refractivity contribution in [3.05, 3.63) is 83.6 Å². The lowest BCUT2D eigenvalue weighted by Gasteiger charge is -2.31. The van der Waals surface area contributed by atoms with Gasteiger partial charge in [0.25, 0.3) is 0 Å². The average molecular weight is 1090 g/mol. The fourth-order valence-corrected chi connectivity index (χ4v) is 12.3. The molecule has 0 saturated heterocycles. The molecule has 0 amide bonds. The van der Waals surface area contributed by atoms with Gasteiger partial charge in [-0.15, -0.1) is 0 Å². The van der Waals surface area contributed by atoms with E-state index in [9.17, 15) is 61.8 Å². The molecule has 0 aliphatic carbocycles. The molecule has 1 N–H and O–H groups in total. The van der Waals surface area contributed by atoms with Gasteiger partial charge in [0.15, 0.2) is 5.71 Å². The Bertz CT molecular complexity index is 3320. The van der Waals surface area contributed by atoms with Crippen LogP contribution in [-0.4, -0.2) is 153 Å². The van der Waals surface area contributed by atoms with Crippen molar-refractivity contribution < 1.29 is 90.0 Å². The van der Waals surface area contributed by atoms with Gasteiger partial charge in [-0.3, -0.25) is 4.79 Å². The Kier molecular flexibility index (Phi) is 18.1. The van der Waals surface area contributed by atoms with Crippen molar-refractivity contribution in [3.8, 4) is 0 Å². The normalized spacial score (nSPS) is 17.7. The molecule has 2 aliphatic rings. The van der Waals surface area contributed by atoms with Crippen LogP contribution in [0.25, 0.3) is 21.5 Å². The van der Waals surface area contributed by atoms with Crippen LogP contribution in [0.15, 0.2) is 92.0 Å². The van der Waals surface area contributed by atoms with E-state index in [-0.39, 0.29) is 73.9 Å². The number of hydrogen-bond acceptors (Lipinski definition) is 19. The lowest BCUT2D eigenvalue weighted by Crippen LogP contribution is -2.32. The quantitative estimate of drug-likeness (QED) is 0.0485. The van der Waals surface area contributed by atoms with Gasteiger partial charge in [-0.25, -0.2) is 33.7 Å². The predicted molar refractivity (Wildman–Crippen MR) is 261 cm³/mol. The number of hydrogen-bond donors (Lipinski definition) is 1. The summed E-state index contributed by atoms with van der Waals surface area (Å²) in [5, 5.41) is 9.10. The van der Waals surface area contributed by atoms with Crippen LogP contribution in [0, 0.1) is 0 Å². The Labute approximate surface area is 425 Å². The molecule has 0 aromatic heterocycles. The minimum atomic E-state index is -5.35. The largest absolute Gasteiger partial charge is 0.744 e. The van der Waals surface area contributed by atoms with E-state index in [2.05, 4.69) is 0 Å². The summed E-state index contributed by atoms with van der Waals surface area (Å²) in [6, 6.07) is 9.12. The summed E-state index contributed by atoms with van der Waals surface area (Å²) < 4.78 is 180. The van der Waals surface area contributed by atoms with Gasteiger partial charge in [0.05, 0.1) is 71.2 Å². The van der Waals surface area contributed by atoms with Gasteiger partial charge < -0.3 is 51.9 Å². The summed E-state index contributed by atoms with van der Waals surface area (Å²) in [7, 11) is -18.2. The summed E-state index contributed by atoms with van der Waals surface area (Å²) in [5.41, 5.74) is 0.595. The number of ether oxygens (including phenoxy) is 5. The van der Waals surface area contributed by atoms with Gasteiger partial charge in [0.2, 0.25) is 5.69 Å². The highest BCUT2D eigenvalue weighted by atomic mass is 32.2. The zero-order valence-corrected chi connectivity index (χ0v) is 44.0. The SMILES string of the molecule is COCCOCCOCCOCCC1(C)C(=CC=CC2=[N+](CCCCCC(=O)O)c3ccc4c(S(=O)(=O)[O-])cc(S(=O)(=O)[O-])cc4c3C2(C)C)N(CCOC)c2ccc3c(S(=O)(=O)[O-])cc(S(=O)(=O)[O-])cc3c21. The molecule has 0 spiro atoms. The molecule has 21 nitrogen and oxygen atoms in total. The third-order valence-electron chi connectivity index (χ3n) is 13.0. The monoisotopic (exact) mass is 1090 g/mol. The van der Waals surface area contributed by atoms with Gasteiger partial charge in [0.1, 0.15) is 47.0 Å². The van der Waals surface area contributed by atoms with E-state index in [0.717, 1.165) is 12.1 Å². The molecule has 1 atom stereocenters. The topological polar surface area (TPSA) is 318 Å². The van der Waals surface area contributed by atoms with Crippen LogP contribution in [0.4, 0.5) is 11.4 Å². The van der Waals surface area contributed by atoms with Gasteiger partial charge in [0, 0.05) is 80.1 Å². The summed E-state index contributed by atoms with van der Waals surface area (Å²) in [6.07, 6.45) is 6.66. The van der Waals surface area contributed by atoms with Gasteiger partial charge >= 0.3 is 5.97 Å². The first-order valence-corrected chi connectivity index (χ1v) is 28.6. The number of nitrogens with zero attached hydrogens (tertiary/aromatic N) is 2. The van der Waals surface area contributed by atoms with Crippen molar-refractivity contribution in [2.75, 3.05) is 85.1 Å². The molecule has 73 heavy (non-hydrogen) atoms. The van der Waals surface area contributed by atoms with E-state index in [1.807, 2.05) is 16.4 Å². The molecule has 0 fully saturated rings. The van der Waals surface area contributed by atoms with E-state index in [0.29, 0.717) is 91.7 Å². The van der Waals surface area contributed by atoms with Crippen LogP contribution in [0.1, 0.15) is 64.0 Å². The Morgan fingerprint density at radius 2 is 1.16 bits per heavy atom. The number of rotatable bonds is 27. The molecule has 4 aromatic carbocycles. The van der Waals surface area contributed by atoms with Crippen LogP contribution in [0.3, 0.4) is 0 Å². The number of fused-ring (bicyclic) bond motifs is 6. The molecule has 4 aromatic rings. The number of benzene rings is 4. The molecular weight excluding hydrogens is 1040 g/mol. The van der Waals surface area contributed by atoms with Crippen molar-refractivity contribution in [1.29, 1.82) is 0 Å². The maximum Gasteiger partial charge on any atom is 0.303 e. The molecule has 0 bridgehead atoms. The maximum absolute atomic E-state index is 12.7. The lowest BCUT2D eigenvalue weighted by molar-refractivity contribution is -0.438. The third kappa shape index (κ3) is 12.9. The third-order valence-corrected chi connectivity index (χ3v) is 16.4. The van der Waals surface area contributed by atoms with Crippen molar-refractivity contribution >= 4 is 85.1 Å². The smallest absolute Gasteiger partial charge is 0.303 e. The number of aliphatic carboxylic acids is 1. The van der Waals surface area contributed by atoms with Crippen molar-refractivity contribution in [2.24, 2.45) is 0 Å². The van der Waals surface area contributed by atoms with Crippen molar-refractivity contribution in [2.45, 2.75) is 83.3 Å². The predicted octanol–water partition coefficient (Wildman–Crippen LogP) is 4.58. The maximum atomic E-state index is 12.7. The Morgan fingerprint density at radius 3 is 1.68 bits per heavy atom. The Morgan fingerprint density at radius 1 is 0.644 bits per heavy atom. The van der Waals surface area contributed by atoms with Crippen LogP contribution >= 0.6 is 0 Å². The highest BCUT2D eigenvalue weighted by Gasteiger charge is 2.47. The second kappa shape index (κ2) is 23.0. The molecular formula is C48H57N2O19S4-3. The molecule has 0 saturated carbocycles. The first kappa shape index (κ1) is 57.5. The number of unbranched alkanes of at least 4 members (excludes halogenated alkanes) is 2. The second-order valence-corrected chi connectivity index (χ2v) is 23.6. The molecule has 1 unspecified atom stereocenters.